The Bertz CT molecular complexity index is 1470. The zero-order chi connectivity index (χ0) is 22.7. The van der Waals surface area contributed by atoms with Crippen LogP contribution in [-0.2, 0) is 22.6 Å². The minimum absolute atomic E-state index is 0.316. The highest BCUT2D eigenvalue weighted by Gasteiger charge is 2.35. The number of para-hydroxylation sites is 1. The number of carbonyl (C=O) groups excluding carboxylic acids is 2. The van der Waals surface area contributed by atoms with Crippen LogP contribution in [-0.4, -0.2) is 45.4 Å². The van der Waals surface area contributed by atoms with Crippen LogP contribution in [0.1, 0.15) is 30.5 Å². The highest BCUT2D eigenvalue weighted by atomic mass is 16.3. The molecule has 0 unspecified atom stereocenters. The fraction of sp³-hybridized carbons (Fsp3) is 0.269. The van der Waals surface area contributed by atoms with Gasteiger partial charge in [-0.3, -0.25) is 24.8 Å². The predicted molar refractivity (Wildman–Crippen MR) is 126 cm³/mol. The Hall–Kier alpha value is -3.71. The maximum absolute atomic E-state index is 13.1. The second kappa shape index (κ2) is 7.42. The van der Waals surface area contributed by atoms with E-state index < -0.39 is 5.91 Å². The van der Waals surface area contributed by atoms with Gasteiger partial charge in [0.15, 0.2) is 0 Å². The van der Waals surface area contributed by atoms with E-state index in [1.807, 2.05) is 18.3 Å². The number of pyridine rings is 1. The lowest BCUT2D eigenvalue weighted by atomic mass is 9.95. The van der Waals surface area contributed by atoms with E-state index in [-0.39, 0.29) is 5.91 Å². The number of aromatic nitrogens is 2. The van der Waals surface area contributed by atoms with Gasteiger partial charge in [-0.1, -0.05) is 18.2 Å². The molecule has 1 N–H and O–H groups in total. The molecule has 6 rings (SSSR count). The Morgan fingerprint density at radius 3 is 2.64 bits per heavy atom. The predicted octanol–water partition coefficient (Wildman–Crippen LogP) is 3.62. The van der Waals surface area contributed by atoms with E-state index >= 15 is 0 Å². The van der Waals surface area contributed by atoms with E-state index in [2.05, 4.69) is 39.7 Å². The van der Waals surface area contributed by atoms with Crippen LogP contribution in [0.5, 0.6) is 0 Å². The van der Waals surface area contributed by atoms with Gasteiger partial charge < -0.3 is 8.98 Å². The van der Waals surface area contributed by atoms with Crippen LogP contribution in [0.4, 0.5) is 0 Å². The molecule has 4 aromatic rings. The van der Waals surface area contributed by atoms with E-state index in [9.17, 15) is 9.59 Å². The van der Waals surface area contributed by atoms with E-state index in [4.69, 9.17) is 4.42 Å². The second-order valence-corrected chi connectivity index (χ2v) is 8.99. The fourth-order valence-corrected chi connectivity index (χ4v) is 5.18. The first-order valence-corrected chi connectivity index (χ1v) is 11.3. The van der Waals surface area contributed by atoms with Gasteiger partial charge in [-0.2, -0.15) is 0 Å². The van der Waals surface area contributed by atoms with Crippen molar-refractivity contribution < 1.29 is 14.0 Å². The van der Waals surface area contributed by atoms with Gasteiger partial charge in [0.05, 0.1) is 22.9 Å². The first-order valence-electron chi connectivity index (χ1n) is 11.3. The molecular formula is C26H24N4O3. The summed E-state index contributed by atoms with van der Waals surface area (Å²) in [6.45, 7) is 7.19. The normalized spacial score (nSPS) is 17.3. The van der Waals surface area contributed by atoms with E-state index in [0.29, 0.717) is 28.3 Å². The molecule has 0 bridgehead atoms. The highest BCUT2D eigenvalue weighted by Crippen LogP contribution is 2.39. The fourth-order valence-electron chi connectivity index (χ4n) is 5.18. The summed E-state index contributed by atoms with van der Waals surface area (Å²) in [5.41, 5.74) is 4.95. The maximum Gasteiger partial charge on any atom is 0.259 e. The number of benzene rings is 1. The largest absolute Gasteiger partial charge is 0.464 e. The Labute approximate surface area is 190 Å². The molecule has 0 fully saturated rings. The zero-order valence-electron chi connectivity index (χ0n) is 18.6. The molecule has 2 amide bonds. The molecule has 0 spiro atoms. The molecule has 0 radical (unpaired) electrons. The van der Waals surface area contributed by atoms with Gasteiger partial charge in [0.2, 0.25) is 0 Å². The van der Waals surface area contributed by atoms with E-state index in [1.165, 1.54) is 5.56 Å². The Balaban J connectivity index is 1.60. The van der Waals surface area contributed by atoms with Gasteiger partial charge in [0, 0.05) is 66.2 Å². The molecule has 7 nitrogen and oxygen atoms in total. The third-order valence-corrected chi connectivity index (χ3v) is 6.84. The number of carbonyl (C=O) groups is 2. The number of hydrogen-bond acceptors (Lipinski definition) is 5. The second-order valence-electron chi connectivity index (χ2n) is 8.99. The van der Waals surface area contributed by atoms with Crippen LogP contribution < -0.4 is 5.32 Å². The molecule has 1 aromatic carbocycles. The lowest BCUT2D eigenvalue weighted by Crippen LogP contribution is -2.36. The molecule has 5 heterocycles. The molecule has 166 valence electrons. The van der Waals surface area contributed by atoms with Crippen molar-refractivity contribution >= 4 is 44.8 Å². The minimum atomic E-state index is -0.423. The summed E-state index contributed by atoms with van der Waals surface area (Å²) < 4.78 is 7.90. The van der Waals surface area contributed by atoms with Crippen LogP contribution in [0.3, 0.4) is 0 Å². The summed E-state index contributed by atoms with van der Waals surface area (Å²) in [5, 5.41) is 4.28. The van der Waals surface area contributed by atoms with Crippen LogP contribution in [0, 0.1) is 0 Å². The van der Waals surface area contributed by atoms with Crippen LogP contribution in [0.15, 0.2) is 53.5 Å². The summed E-state index contributed by atoms with van der Waals surface area (Å²) in [6.07, 6.45) is 7.82. The van der Waals surface area contributed by atoms with Gasteiger partial charge in [-0.05, 0) is 31.9 Å². The van der Waals surface area contributed by atoms with Crippen LogP contribution >= 0.6 is 0 Å². The molecule has 33 heavy (non-hydrogen) atoms. The average Bonchev–Trinajstić information content (AvgIpc) is 3.47. The van der Waals surface area contributed by atoms with Crippen molar-refractivity contribution in [3.8, 4) is 0 Å². The molecular weight excluding hydrogens is 416 g/mol. The summed E-state index contributed by atoms with van der Waals surface area (Å²) >= 11 is 0. The number of fused-ring (bicyclic) bond motifs is 1. The molecule has 2 aliphatic rings. The first kappa shape index (κ1) is 19.9. The maximum atomic E-state index is 13.1. The Morgan fingerprint density at radius 2 is 1.82 bits per heavy atom. The van der Waals surface area contributed by atoms with Crippen molar-refractivity contribution in [3.63, 3.8) is 0 Å². The molecule has 0 saturated carbocycles. The minimum Gasteiger partial charge on any atom is -0.464 e. The highest BCUT2D eigenvalue weighted by molar-refractivity contribution is 6.50. The summed E-state index contributed by atoms with van der Waals surface area (Å²) in [6, 6.07) is 8.51. The summed E-state index contributed by atoms with van der Waals surface area (Å²) in [7, 11) is 0. The van der Waals surface area contributed by atoms with Gasteiger partial charge in [-0.25, -0.2) is 0 Å². The van der Waals surface area contributed by atoms with E-state index in [0.717, 1.165) is 47.9 Å². The number of rotatable bonds is 3. The van der Waals surface area contributed by atoms with Gasteiger partial charge in [-0.15, -0.1) is 0 Å². The number of nitrogens with one attached hydrogen (secondary N) is 1. The van der Waals surface area contributed by atoms with Crippen LogP contribution in [0.25, 0.3) is 33.0 Å². The molecule has 0 aliphatic carbocycles. The van der Waals surface area contributed by atoms with Crippen molar-refractivity contribution in [2.45, 2.75) is 32.9 Å². The Morgan fingerprint density at radius 1 is 1.00 bits per heavy atom. The smallest absolute Gasteiger partial charge is 0.259 e. The topological polar surface area (TPSA) is 80.4 Å². The quantitative estimate of drug-likeness (QED) is 0.492. The number of furan rings is 1. The third-order valence-electron chi connectivity index (χ3n) is 6.84. The lowest BCUT2D eigenvalue weighted by Gasteiger charge is -2.29. The standard InChI is InChI=1S/C26H24N4O3/c1-15(2)29-8-6-16-4-3-5-18-20(14-30(10-9-29)23(16)18)22-21(25(31)28-26(22)32)19-13-27-12-17-7-11-33-24(17)19/h3-5,7,11-15H,6,8-10H2,1-2H3,(H,28,31,32). The average molecular weight is 441 g/mol. The molecule has 0 atom stereocenters. The number of amides is 2. The molecule has 7 heteroatoms. The zero-order valence-corrected chi connectivity index (χ0v) is 18.6. The van der Waals surface area contributed by atoms with E-state index in [1.54, 1.807) is 24.7 Å². The Kier molecular flexibility index (Phi) is 4.48. The third kappa shape index (κ3) is 3.03. The van der Waals surface area contributed by atoms with Crippen molar-refractivity contribution in [1.82, 2.24) is 19.8 Å². The van der Waals surface area contributed by atoms with Crippen LogP contribution in [0.2, 0.25) is 0 Å². The first-order chi connectivity index (χ1) is 16.0. The molecule has 0 saturated heterocycles. The van der Waals surface area contributed by atoms with Crippen molar-refractivity contribution in [1.29, 1.82) is 0 Å². The van der Waals surface area contributed by atoms with Crippen molar-refractivity contribution in [2.75, 3.05) is 13.1 Å². The summed E-state index contributed by atoms with van der Waals surface area (Å²) in [5.74, 6) is -0.810. The van der Waals surface area contributed by atoms with Crippen molar-refractivity contribution in [2.24, 2.45) is 0 Å². The molecule has 3 aromatic heterocycles. The molecule has 2 aliphatic heterocycles. The van der Waals surface area contributed by atoms with Gasteiger partial charge in [0.1, 0.15) is 5.58 Å². The van der Waals surface area contributed by atoms with Gasteiger partial charge >= 0.3 is 0 Å². The number of nitrogens with zero attached hydrogens (tertiary/aromatic N) is 3. The number of hydrogen-bond donors (Lipinski definition) is 1. The number of imide groups is 1. The monoisotopic (exact) mass is 440 g/mol. The van der Waals surface area contributed by atoms with Crippen molar-refractivity contribution in [3.05, 3.63) is 65.8 Å². The van der Waals surface area contributed by atoms with Gasteiger partial charge in [0.25, 0.3) is 11.8 Å². The summed E-state index contributed by atoms with van der Waals surface area (Å²) in [4.78, 5) is 32.8. The lowest BCUT2D eigenvalue weighted by molar-refractivity contribution is -0.122. The SMILES string of the molecule is CC(C)N1CCc2cccc3c(C4=C(c5cncc6ccoc56)C(=O)NC4=O)cn(c23)CC1.